The Balaban J connectivity index is 2.14. The molecule has 0 aliphatic carbocycles. The number of aliphatic hydroxyl groups excluding tert-OH is 1. The van der Waals surface area contributed by atoms with Crippen molar-refractivity contribution in [2.45, 2.75) is 90.1 Å². The molecule has 8 nitrogen and oxygen atoms in total. The van der Waals surface area contributed by atoms with Crippen molar-refractivity contribution >= 4 is 17.8 Å². The molecule has 30 heavy (non-hydrogen) atoms. The van der Waals surface area contributed by atoms with Crippen LogP contribution in [0.5, 0.6) is 0 Å². The Morgan fingerprint density at radius 2 is 2.00 bits per heavy atom. The first-order valence-electron chi connectivity index (χ1n) is 11.0. The number of ether oxygens (including phenoxy) is 2. The van der Waals surface area contributed by atoms with Gasteiger partial charge in [-0.3, -0.25) is 14.4 Å². The lowest BCUT2D eigenvalue weighted by Crippen LogP contribution is -2.60. The van der Waals surface area contributed by atoms with Crippen LogP contribution >= 0.6 is 0 Å². The Morgan fingerprint density at radius 1 is 1.37 bits per heavy atom. The molecule has 0 aromatic heterocycles. The summed E-state index contributed by atoms with van der Waals surface area (Å²) in [6, 6.07) is -1.43. The lowest BCUT2D eigenvalue weighted by Gasteiger charge is -2.38. The molecule has 3 fully saturated rings. The van der Waals surface area contributed by atoms with Crippen LogP contribution in [0.2, 0.25) is 0 Å². The van der Waals surface area contributed by atoms with Crippen molar-refractivity contribution in [3.05, 3.63) is 0 Å². The molecule has 7 atom stereocenters. The predicted molar refractivity (Wildman–Crippen MR) is 109 cm³/mol. The topological polar surface area (TPSA) is 105 Å². The number of hydrogen-bond acceptors (Lipinski definition) is 6. The van der Waals surface area contributed by atoms with Gasteiger partial charge in [-0.05, 0) is 53.4 Å². The first-order chi connectivity index (χ1) is 13.9. The highest BCUT2D eigenvalue weighted by atomic mass is 16.6. The second-order valence-electron chi connectivity index (χ2n) is 10.2. The summed E-state index contributed by atoms with van der Waals surface area (Å²) in [5.41, 5.74) is -2.49. The number of aliphatic hydroxyl groups is 1. The average Bonchev–Trinajstić information content (AvgIpc) is 3.13. The first kappa shape index (κ1) is 23.0. The highest BCUT2D eigenvalue weighted by molar-refractivity contribution is 5.99. The van der Waals surface area contributed by atoms with Gasteiger partial charge >= 0.3 is 5.97 Å². The number of amides is 2. The monoisotopic (exact) mass is 424 g/mol. The fraction of sp³-hybridized carbons (Fsp3) is 0.864. The van der Waals surface area contributed by atoms with Gasteiger partial charge in [0.15, 0.2) is 0 Å². The van der Waals surface area contributed by atoms with Gasteiger partial charge in [0.2, 0.25) is 11.8 Å². The van der Waals surface area contributed by atoms with Crippen LogP contribution in [0.4, 0.5) is 0 Å². The summed E-state index contributed by atoms with van der Waals surface area (Å²) >= 11 is 0. The number of carbonyl (C=O) groups is 3. The summed E-state index contributed by atoms with van der Waals surface area (Å²) < 4.78 is 11.9. The zero-order valence-corrected chi connectivity index (χ0v) is 19.2. The molecular weight excluding hydrogens is 388 g/mol. The maximum atomic E-state index is 13.7. The van der Waals surface area contributed by atoms with E-state index in [2.05, 4.69) is 5.32 Å². The van der Waals surface area contributed by atoms with Crippen molar-refractivity contribution in [1.29, 1.82) is 0 Å². The standard InChI is InChI=1S/C22H36N2O6/c1-8-13(11-25)24-16(17(26)23-20(4,5)6)22-10-12(3)21(7,30-22)15(14(22)18(24)27)19(28)29-9-2/h12-16,25H,8-11H2,1-7H3,(H,23,26)/t12?,13-,14-,15+,16?,21-,22?/m0/s1. The minimum absolute atomic E-state index is 0.0324. The lowest BCUT2D eigenvalue weighted by molar-refractivity contribution is -0.162. The Hall–Kier alpha value is -1.67. The molecule has 1 spiro atoms. The highest BCUT2D eigenvalue weighted by Crippen LogP contribution is 2.65. The van der Waals surface area contributed by atoms with Gasteiger partial charge in [-0.2, -0.15) is 0 Å². The SMILES string of the molecule is CCOC(=O)[C@H]1[C@H]2C(=O)N([C@@H](CC)CO)C(C(=O)NC(C)(C)C)C23CC(C)[C@]1(C)O3. The van der Waals surface area contributed by atoms with Gasteiger partial charge in [0.25, 0.3) is 0 Å². The van der Waals surface area contributed by atoms with E-state index < -0.39 is 46.6 Å². The van der Waals surface area contributed by atoms with Gasteiger partial charge < -0.3 is 24.8 Å². The third kappa shape index (κ3) is 3.14. The molecule has 3 aliphatic rings. The van der Waals surface area contributed by atoms with E-state index in [1.807, 2.05) is 41.5 Å². The van der Waals surface area contributed by atoms with Gasteiger partial charge in [0.05, 0.1) is 30.8 Å². The molecular formula is C22H36N2O6. The predicted octanol–water partition coefficient (Wildman–Crippen LogP) is 1.25. The average molecular weight is 425 g/mol. The number of hydrogen-bond donors (Lipinski definition) is 2. The normalized spacial score (nSPS) is 38.5. The number of nitrogens with zero attached hydrogens (tertiary/aromatic N) is 1. The summed E-state index contributed by atoms with van der Waals surface area (Å²) in [6.45, 7) is 13.0. The van der Waals surface area contributed by atoms with Crippen LogP contribution in [0.3, 0.4) is 0 Å². The third-order valence-electron chi connectivity index (χ3n) is 7.11. The van der Waals surface area contributed by atoms with Gasteiger partial charge in [0, 0.05) is 5.54 Å². The van der Waals surface area contributed by atoms with Crippen molar-refractivity contribution < 1.29 is 29.0 Å². The second kappa shape index (κ2) is 7.48. The van der Waals surface area contributed by atoms with Gasteiger partial charge in [0.1, 0.15) is 17.6 Å². The van der Waals surface area contributed by atoms with Crippen LogP contribution in [0, 0.1) is 17.8 Å². The van der Waals surface area contributed by atoms with E-state index in [-0.39, 0.29) is 30.9 Å². The molecule has 0 saturated carbocycles. The van der Waals surface area contributed by atoms with E-state index in [0.29, 0.717) is 12.8 Å². The minimum Gasteiger partial charge on any atom is -0.466 e. The quantitative estimate of drug-likeness (QED) is 0.622. The van der Waals surface area contributed by atoms with Crippen LogP contribution < -0.4 is 5.32 Å². The molecule has 2 amide bonds. The summed E-state index contributed by atoms with van der Waals surface area (Å²) in [5, 5.41) is 13.0. The molecule has 170 valence electrons. The van der Waals surface area contributed by atoms with Crippen LogP contribution in [0.15, 0.2) is 0 Å². The van der Waals surface area contributed by atoms with Crippen LogP contribution in [-0.4, -0.2) is 69.8 Å². The maximum absolute atomic E-state index is 13.7. The van der Waals surface area contributed by atoms with Gasteiger partial charge in [-0.1, -0.05) is 13.8 Å². The Morgan fingerprint density at radius 3 is 2.50 bits per heavy atom. The zero-order chi connectivity index (χ0) is 22.6. The summed E-state index contributed by atoms with van der Waals surface area (Å²) in [6.07, 6.45) is 0.984. The fourth-order valence-electron chi connectivity index (χ4n) is 5.81. The van der Waals surface area contributed by atoms with E-state index >= 15 is 0 Å². The molecule has 0 radical (unpaired) electrons. The highest BCUT2D eigenvalue weighted by Gasteiger charge is 2.80. The van der Waals surface area contributed by atoms with Crippen LogP contribution in [0.1, 0.15) is 61.3 Å². The molecule has 2 bridgehead atoms. The van der Waals surface area contributed by atoms with Gasteiger partial charge in [-0.25, -0.2) is 0 Å². The molecule has 0 aromatic carbocycles. The number of esters is 1. The lowest BCUT2D eigenvalue weighted by atomic mass is 9.62. The molecule has 0 aromatic rings. The smallest absolute Gasteiger partial charge is 0.312 e. The molecule has 3 aliphatic heterocycles. The van der Waals surface area contributed by atoms with E-state index in [1.54, 1.807) is 6.92 Å². The zero-order valence-electron chi connectivity index (χ0n) is 19.2. The molecule has 8 heteroatoms. The summed E-state index contributed by atoms with van der Waals surface area (Å²) in [4.78, 5) is 41.7. The fourth-order valence-corrected chi connectivity index (χ4v) is 5.81. The van der Waals surface area contributed by atoms with Crippen LogP contribution in [0.25, 0.3) is 0 Å². The molecule has 3 saturated heterocycles. The minimum atomic E-state index is -1.11. The molecule has 3 unspecified atom stereocenters. The summed E-state index contributed by atoms with van der Waals surface area (Å²) in [7, 11) is 0. The van der Waals surface area contributed by atoms with E-state index in [1.165, 1.54) is 4.90 Å². The Kier molecular flexibility index (Phi) is 5.74. The van der Waals surface area contributed by atoms with E-state index in [0.717, 1.165) is 0 Å². The van der Waals surface area contributed by atoms with Crippen molar-refractivity contribution in [1.82, 2.24) is 10.2 Å². The van der Waals surface area contributed by atoms with E-state index in [9.17, 15) is 19.5 Å². The van der Waals surface area contributed by atoms with Crippen molar-refractivity contribution in [2.75, 3.05) is 13.2 Å². The second-order valence-corrected chi connectivity index (χ2v) is 10.2. The summed E-state index contributed by atoms with van der Waals surface area (Å²) in [5.74, 6) is -2.69. The van der Waals surface area contributed by atoms with Crippen LogP contribution in [-0.2, 0) is 23.9 Å². The third-order valence-corrected chi connectivity index (χ3v) is 7.11. The van der Waals surface area contributed by atoms with Gasteiger partial charge in [-0.15, -0.1) is 0 Å². The van der Waals surface area contributed by atoms with Crippen molar-refractivity contribution in [2.24, 2.45) is 17.8 Å². The number of rotatable bonds is 6. The molecule has 3 heterocycles. The van der Waals surface area contributed by atoms with Crippen molar-refractivity contribution in [3.8, 4) is 0 Å². The Bertz CT molecular complexity index is 730. The van der Waals surface area contributed by atoms with E-state index in [4.69, 9.17) is 9.47 Å². The number of likely N-dealkylation sites (tertiary alicyclic amines) is 1. The van der Waals surface area contributed by atoms with Crippen molar-refractivity contribution in [3.63, 3.8) is 0 Å². The maximum Gasteiger partial charge on any atom is 0.312 e. The number of carbonyl (C=O) groups excluding carboxylic acids is 3. The number of nitrogens with one attached hydrogen (secondary N) is 1. The molecule has 3 rings (SSSR count). The largest absolute Gasteiger partial charge is 0.466 e. The Labute approximate surface area is 178 Å². The first-order valence-corrected chi connectivity index (χ1v) is 11.0. The number of fused-ring (bicyclic) bond motifs is 1. The molecule has 2 N–H and O–H groups in total.